The minimum Gasteiger partial charge on any atom is -0.304 e. The van der Waals surface area contributed by atoms with Crippen LogP contribution in [0.5, 0.6) is 0 Å². The van der Waals surface area contributed by atoms with Gasteiger partial charge in [-0.05, 0) is 61.7 Å². The van der Waals surface area contributed by atoms with Gasteiger partial charge in [-0.25, -0.2) is 4.98 Å². The quantitative estimate of drug-likeness (QED) is 0.135. The predicted molar refractivity (Wildman–Crippen MR) is 160 cm³/mol. The second-order valence-electron chi connectivity index (χ2n) is 9.90. The van der Waals surface area contributed by atoms with Crippen LogP contribution >= 0.6 is 0 Å². The van der Waals surface area contributed by atoms with E-state index < -0.39 is 0 Å². The molecule has 199 valence electrons. The van der Waals surface area contributed by atoms with Crippen LogP contribution in [0.2, 0.25) is 0 Å². The van der Waals surface area contributed by atoms with Crippen molar-refractivity contribution < 1.29 is 20.1 Å². The van der Waals surface area contributed by atoms with Crippen molar-refractivity contribution in [1.82, 2.24) is 19.4 Å². The van der Waals surface area contributed by atoms with Crippen LogP contribution in [0.15, 0.2) is 97.6 Å². The molecule has 3 aromatic carbocycles. The van der Waals surface area contributed by atoms with Crippen LogP contribution in [-0.4, -0.2) is 19.4 Å². The molecule has 0 unspecified atom stereocenters. The van der Waals surface area contributed by atoms with Crippen molar-refractivity contribution in [2.24, 2.45) is 0 Å². The van der Waals surface area contributed by atoms with Gasteiger partial charge < -0.3 is 14.4 Å². The molecule has 4 nitrogen and oxygen atoms in total. The summed E-state index contributed by atoms with van der Waals surface area (Å²) in [6, 6.07) is 31.3. The van der Waals surface area contributed by atoms with E-state index in [0.29, 0.717) is 0 Å². The number of para-hydroxylation sites is 1. The van der Waals surface area contributed by atoms with Crippen LogP contribution in [0.1, 0.15) is 22.3 Å². The molecule has 1 radical (unpaired) electrons. The van der Waals surface area contributed by atoms with Gasteiger partial charge in [0.2, 0.25) is 0 Å². The van der Waals surface area contributed by atoms with Crippen molar-refractivity contribution in [3.05, 3.63) is 132 Å². The Hall–Kier alpha value is -4.18. The second-order valence-corrected chi connectivity index (χ2v) is 9.90. The van der Waals surface area contributed by atoms with Gasteiger partial charge in [0.1, 0.15) is 5.65 Å². The van der Waals surface area contributed by atoms with E-state index in [9.17, 15) is 0 Å². The molecule has 7 aromatic rings. The van der Waals surface area contributed by atoms with Gasteiger partial charge in [0, 0.05) is 50.4 Å². The van der Waals surface area contributed by atoms with Crippen LogP contribution in [0.25, 0.3) is 49.8 Å². The number of aromatic nitrogens is 4. The van der Waals surface area contributed by atoms with E-state index in [1.54, 1.807) is 0 Å². The van der Waals surface area contributed by atoms with E-state index in [-0.39, 0.29) is 20.1 Å². The van der Waals surface area contributed by atoms with E-state index in [2.05, 4.69) is 108 Å². The minimum absolute atomic E-state index is 0. The number of nitrogens with zero attached hydrogens (tertiary/aromatic N) is 4. The molecule has 0 aliphatic carbocycles. The summed E-state index contributed by atoms with van der Waals surface area (Å²) < 4.78 is 2.15. The summed E-state index contributed by atoms with van der Waals surface area (Å²) in [6.07, 6.45) is 7.70. The van der Waals surface area contributed by atoms with Gasteiger partial charge in [-0.1, -0.05) is 52.2 Å². The van der Waals surface area contributed by atoms with Gasteiger partial charge >= 0.3 is 0 Å². The summed E-state index contributed by atoms with van der Waals surface area (Å²) in [4.78, 5) is 13.6. The maximum Gasteiger partial charge on any atom is 0.126 e. The van der Waals surface area contributed by atoms with Gasteiger partial charge in [-0.15, -0.1) is 59.7 Å². The largest absolute Gasteiger partial charge is 0.304 e. The molecule has 4 heterocycles. The molecule has 0 saturated carbocycles. The van der Waals surface area contributed by atoms with Crippen LogP contribution in [0, 0.1) is 39.8 Å². The van der Waals surface area contributed by atoms with E-state index in [1.807, 2.05) is 49.1 Å². The molecule has 0 N–H and O–H groups in total. The number of hydrogen-bond acceptors (Lipinski definition) is 3. The smallest absolute Gasteiger partial charge is 0.126 e. The Morgan fingerprint density at radius 3 is 1.98 bits per heavy atom. The average molecular weight is 697 g/mol. The van der Waals surface area contributed by atoms with E-state index >= 15 is 0 Å². The first kappa shape index (κ1) is 27.4. The first-order chi connectivity index (χ1) is 19.0. The molecule has 40 heavy (non-hydrogen) atoms. The zero-order valence-corrected chi connectivity index (χ0v) is 25.3. The standard InChI is InChI=1S/C22H16N3.C13H12N.Ir/c1-14-11-20(24-13-15(14)2)16-7-8-17-18-5-3-4-6-21(18)25-10-9-23-22(25)19(17)12-16;1-10-8-13(14-9-11(10)2)12-6-4-3-5-7-12;/h3-6,8-13H,1-2H3;3-6,8-9H,1-2H3;/q2*-1;. The Kier molecular flexibility index (Phi) is 7.88. The van der Waals surface area contributed by atoms with E-state index in [0.717, 1.165) is 39.1 Å². The Bertz CT molecular complexity index is 1960. The normalized spacial score (nSPS) is 10.8. The van der Waals surface area contributed by atoms with Gasteiger partial charge in [0.25, 0.3) is 0 Å². The zero-order chi connectivity index (χ0) is 26.9. The van der Waals surface area contributed by atoms with E-state index in [4.69, 9.17) is 0 Å². The molecule has 4 aromatic heterocycles. The summed E-state index contributed by atoms with van der Waals surface area (Å²) in [5.41, 5.74) is 11.1. The van der Waals surface area contributed by atoms with Crippen molar-refractivity contribution in [3.8, 4) is 22.5 Å². The number of aryl methyl sites for hydroxylation is 4. The SMILES string of the molecule is Cc1cnc(-c2[c-]cc3c4ccccc4n4ccnc4c3c2)cc1C.Cc1cnc(-c2[c-]cccc2)cc1C.[Ir]. The van der Waals surface area contributed by atoms with Crippen LogP contribution in [-0.2, 0) is 20.1 Å². The third-order valence-electron chi connectivity index (χ3n) is 7.29. The molecule has 0 bridgehead atoms. The third kappa shape index (κ3) is 5.18. The number of benzene rings is 3. The van der Waals surface area contributed by atoms with E-state index in [1.165, 1.54) is 33.0 Å². The summed E-state index contributed by atoms with van der Waals surface area (Å²) in [5.74, 6) is 0. The fraction of sp³-hybridized carbons (Fsp3) is 0.114. The van der Waals surface area contributed by atoms with Crippen LogP contribution in [0.3, 0.4) is 0 Å². The Morgan fingerprint density at radius 1 is 0.625 bits per heavy atom. The van der Waals surface area contributed by atoms with Crippen molar-refractivity contribution in [1.29, 1.82) is 0 Å². The molecule has 5 heteroatoms. The fourth-order valence-electron chi connectivity index (χ4n) is 4.75. The van der Waals surface area contributed by atoms with Gasteiger partial charge in [0.05, 0.1) is 0 Å². The molecule has 0 aliphatic heterocycles. The molecule has 7 rings (SSSR count). The maximum absolute atomic E-state index is 4.59. The number of fused-ring (bicyclic) bond motifs is 6. The summed E-state index contributed by atoms with van der Waals surface area (Å²) >= 11 is 0. The third-order valence-corrected chi connectivity index (χ3v) is 7.29. The molecule has 0 amide bonds. The summed E-state index contributed by atoms with van der Waals surface area (Å²) in [6.45, 7) is 8.36. The Balaban J connectivity index is 0.000000184. The number of rotatable bonds is 2. The number of pyridine rings is 3. The van der Waals surface area contributed by atoms with Gasteiger partial charge in [-0.3, -0.25) is 0 Å². The van der Waals surface area contributed by atoms with Crippen LogP contribution in [0.4, 0.5) is 0 Å². The average Bonchev–Trinajstić information content (AvgIpc) is 3.47. The van der Waals surface area contributed by atoms with Gasteiger partial charge in [-0.2, -0.15) is 0 Å². The zero-order valence-electron chi connectivity index (χ0n) is 22.9. The van der Waals surface area contributed by atoms with Crippen molar-refractivity contribution in [2.45, 2.75) is 27.7 Å². The molecule has 0 atom stereocenters. The molecule has 0 saturated heterocycles. The van der Waals surface area contributed by atoms with Crippen molar-refractivity contribution in [2.75, 3.05) is 0 Å². The fourth-order valence-corrected chi connectivity index (χ4v) is 4.75. The summed E-state index contributed by atoms with van der Waals surface area (Å²) in [5, 5.41) is 3.50. The van der Waals surface area contributed by atoms with Crippen molar-refractivity contribution >= 4 is 27.3 Å². The molecular weight excluding hydrogens is 669 g/mol. The van der Waals surface area contributed by atoms with Crippen molar-refractivity contribution in [3.63, 3.8) is 0 Å². The molecule has 0 aliphatic rings. The maximum atomic E-state index is 4.59. The Morgan fingerprint density at radius 2 is 1.30 bits per heavy atom. The molecular formula is C35H28IrN4-2. The first-order valence-corrected chi connectivity index (χ1v) is 13.0. The van der Waals surface area contributed by atoms with Gasteiger partial charge in [0.15, 0.2) is 0 Å². The minimum atomic E-state index is 0. The topological polar surface area (TPSA) is 43.1 Å². The summed E-state index contributed by atoms with van der Waals surface area (Å²) in [7, 11) is 0. The Labute approximate surface area is 248 Å². The second kappa shape index (κ2) is 11.5. The first-order valence-electron chi connectivity index (χ1n) is 13.0. The monoisotopic (exact) mass is 697 g/mol. The predicted octanol–water partition coefficient (Wildman–Crippen LogP) is 8.28. The number of imidazole rings is 1. The number of hydrogen-bond donors (Lipinski definition) is 0. The van der Waals surface area contributed by atoms with Crippen LogP contribution < -0.4 is 0 Å². The molecule has 0 fully saturated rings. The molecule has 0 spiro atoms.